The Labute approximate surface area is 216 Å². The molecule has 4 aromatic rings. The van der Waals surface area contributed by atoms with Crippen LogP contribution in [0.2, 0.25) is 5.02 Å². The number of pyridine rings is 1. The number of aliphatic hydroxyl groups excluding tert-OH is 1. The predicted octanol–water partition coefficient (Wildman–Crippen LogP) is 4.17. The highest BCUT2D eigenvalue weighted by Crippen LogP contribution is 2.34. The zero-order valence-electron chi connectivity index (χ0n) is 19.3. The highest BCUT2D eigenvalue weighted by molar-refractivity contribution is 7.17. The van der Waals surface area contributed by atoms with Crippen LogP contribution in [0.15, 0.2) is 48.0 Å². The van der Waals surface area contributed by atoms with Gasteiger partial charge in [-0.1, -0.05) is 17.7 Å². The van der Waals surface area contributed by atoms with E-state index in [2.05, 4.69) is 15.6 Å². The maximum absolute atomic E-state index is 12.8. The van der Waals surface area contributed by atoms with Crippen molar-refractivity contribution in [2.75, 3.05) is 29.5 Å². The molecule has 186 valence electrons. The zero-order valence-corrected chi connectivity index (χ0v) is 20.9. The van der Waals surface area contributed by atoms with E-state index in [0.29, 0.717) is 55.7 Å². The summed E-state index contributed by atoms with van der Waals surface area (Å²) in [4.78, 5) is 28.6. The van der Waals surface area contributed by atoms with E-state index >= 15 is 0 Å². The topological polar surface area (TPSA) is 153 Å². The van der Waals surface area contributed by atoms with Crippen molar-refractivity contribution in [2.45, 2.75) is 13.5 Å². The number of aliphatic hydroxyl groups is 1. The second-order valence-electron chi connectivity index (χ2n) is 7.95. The van der Waals surface area contributed by atoms with Crippen molar-refractivity contribution in [3.63, 3.8) is 0 Å². The minimum Gasteiger partial charge on any atom is -0.489 e. The van der Waals surface area contributed by atoms with Gasteiger partial charge in [0.15, 0.2) is 0 Å². The van der Waals surface area contributed by atoms with E-state index in [-0.39, 0.29) is 19.1 Å². The van der Waals surface area contributed by atoms with Gasteiger partial charge >= 0.3 is 0 Å². The fourth-order valence-corrected chi connectivity index (χ4v) is 4.92. The van der Waals surface area contributed by atoms with Gasteiger partial charge in [0.1, 0.15) is 18.2 Å². The number of rotatable bonds is 9. The number of aryl methyl sites for hydroxylation is 1. The number of fused-ring (bicyclic) bond motifs is 1. The molecular weight excluding hydrogens is 502 g/mol. The van der Waals surface area contributed by atoms with E-state index in [1.54, 1.807) is 30.3 Å². The summed E-state index contributed by atoms with van der Waals surface area (Å²) in [5.74, 6) is -0.0318. The van der Waals surface area contributed by atoms with Crippen molar-refractivity contribution in [3.05, 3.63) is 75.3 Å². The predicted molar refractivity (Wildman–Crippen MR) is 143 cm³/mol. The average molecular weight is 526 g/mol. The molecule has 0 atom stereocenters. The van der Waals surface area contributed by atoms with Crippen molar-refractivity contribution in [1.29, 1.82) is 0 Å². The Morgan fingerprint density at radius 3 is 2.75 bits per heavy atom. The van der Waals surface area contributed by atoms with Crippen LogP contribution in [-0.4, -0.2) is 35.1 Å². The summed E-state index contributed by atoms with van der Waals surface area (Å²) in [6, 6.07) is 10.2. The summed E-state index contributed by atoms with van der Waals surface area (Å²) in [7, 11) is 0. The number of anilines is 3. The summed E-state index contributed by atoms with van der Waals surface area (Å²) >= 11 is 7.60. The molecule has 0 spiro atoms. The Kier molecular flexibility index (Phi) is 7.58. The molecule has 4 rings (SSSR count). The molecule has 0 aliphatic carbocycles. The van der Waals surface area contributed by atoms with Crippen molar-refractivity contribution < 1.29 is 19.4 Å². The molecule has 2 amide bonds. The molecule has 0 aliphatic heterocycles. The van der Waals surface area contributed by atoms with Crippen LogP contribution < -0.4 is 26.8 Å². The number of hydrogen-bond donors (Lipinski definition) is 5. The first-order chi connectivity index (χ1) is 17.3. The quantitative estimate of drug-likeness (QED) is 0.220. The summed E-state index contributed by atoms with van der Waals surface area (Å²) < 4.78 is 6.72. The number of carbonyl (C=O) groups excluding carboxylic acids is 2. The third kappa shape index (κ3) is 5.35. The fourth-order valence-electron chi connectivity index (χ4n) is 3.59. The Bertz CT molecular complexity index is 1460. The van der Waals surface area contributed by atoms with Gasteiger partial charge in [0.05, 0.1) is 27.6 Å². The van der Waals surface area contributed by atoms with Crippen LogP contribution in [0.5, 0.6) is 5.75 Å². The van der Waals surface area contributed by atoms with Crippen LogP contribution in [0.25, 0.3) is 10.1 Å². The number of halogens is 1. The summed E-state index contributed by atoms with van der Waals surface area (Å²) in [6.07, 6.45) is 1.38. The van der Waals surface area contributed by atoms with E-state index in [4.69, 9.17) is 32.9 Å². The van der Waals surface area contributed by atoms with E-state index in [1.165, 1.54) is 17.5 Å². The minimum atomic E-state index is -0.571. The molecule has 36 heavy (non-hydrogen) atoms. The molecule has 0 saturated heterocycles. The van der Waals surface area contributed by atoms with E-state index in [0.717, 1.165) is 11.1 Å². The highest BCUT2D eigenvalue weighted by atomic mass is 35.5. The number of nitrogens with zero attached hydrogens (tertiary/aromatic N) is 1. The molecule has 2 heterocycles. The van der Waals surface area contributed by atoms with Gasteiger partial charge in [-0.25, -0.2) is 4.98 Å². The number of primary amides is 1. The average Bonchev–Trinajstić information content (AvgIpc) is 3.28. The van der Waals surface area contributed by atoms with Gasteiger partial charge in [-0.15, -0.1) is 11.3 Å². The molecule has 9 nitrogen and oxygen atoms in total. The summed E-state index contributed by atoms with van der Waals surface area (Å²) in [5.41, 5.74) is 15.1. The van der Waals surface area contributed by atoms with E-state index in [9.17, 15) is 9.59 Å². The van der Waals surface area contributed by atoms with Crippen molar-refractivity contribution in [1.82, 2.24) is 4.98 Å². The first-order valence-corrected chi connectivity index (χ1v) is 12.2. The van der Waals surface area contributed by atoms with Crippen LogP contribution in [0, 0.1) is 6.92 Å². The van der Waals surface area contributed by atoms with Crippen LogP contribution in [0.3, 0.4) is 0 Å². The lowest BCUT2D eigenvalue weighted by atomic mass is 10.1. The molecular formula is C25H24ClN5O4S. The molecule has 11 heteroatoms. The first-order valence-electron chi connectivity index (χ1n) is 10.9. The molecule has 0 radical (unpaired) electrons. The summed E-state index contributed by atoms with van der Waals surface area (Å²) in [6.45, 7) is 2.40. The number of carbonyl (C=O) groups is 2. The molecule has 0 fully saturated rings. The van der Waals surface area contributed by atoms with E-state index in [1.807, 2.05) is 18.4 Å². The highest BCUT2D eigenvalue weighted by Gasteiger charge is 2.16. The fraction of sp³-hybridized carbons (Fsp3) is 0.160. The molecule has 0 saturated carbocycles. The van der Waals surface area contributed by atoms with Gasteiger partial charge in [0, 0.05) is 41.0 Å². The molecule has 7 N–H and O–H groups in total. The number of thiophene rings is 1. The monoisotopic (exact) mass is 525 g/mol. The lowest BCUT2D eigenvalue weighted by Crippen LogP contribution is -2.13. The number of benzene rings is 2. The lowest BCUT2D eigenvalue weighted by molar-refractivity contribution is 0.0999. The Morgan fingerprint density at radius 2 is 2.03 bits per heavy atom. The molecule has 0 unspecified atom stereocenters. The molecule has 0 bridgehead atoms. The molecule has 2 aromatic carbocycles. The van der Waals surface area contributed by atoms with Gasteiger partial charge in [0.25, 0.3) is 11.8 Å². The van der Waals surface area contributed by atoms with Crippen molar-refractivity contribution >= 4 is 62.0 Å². The third-order valence-corrected chi connectivity index (χ3v) is 6.83. The maximum Gasteiger partial charge on any atom is 0.255 e. The lowest BCUT2D eigenvalue weighted by Gasteiger charge is -2.13. The van der Waals surface area contributed by atoms with Gasteiger partial charge < -0.3 is 31.9 Å². The number of ether oxygens (including phenoxy) is 1. The Morgan fingerprint density at radius 1 is 1.22 bits per heavy atom. The zero-order chi connectivity index (χ0) is 25.8. The van der Waals surface area contributed by atoms with Gasteiger partial charge in [0.2, 0.25) is 0 Å². The standard InChI is InChI=1S/C25H24ClN5O4S/c1-13-2-4-16(31-25(34)14-3-5-19(18(26)8-14)29-6-7-32)9-20(13)35-11-15-12-36-22-17(24(28)33)10-30-23(27)21(15)22/h2-5,8-10,12,29,32H,6-7,11H2,1H3,(H2,27,30)(H2,28,33)(H,31,34). The van der Waals surface area contributed by atoms with E-state index < -0.39 is 5.91 Å². The van der Waals surface area contributed by atoms with Crippen molar-refractivity contribution in [3.8, 4) is 5.75 Å². The van der Waals surface area contributed by atoms with Gasteiger partial charge in [-0.05, 0) is 42.1 Å². The normalized spacial score (nSPS) is 10.9. The SMILES string of the molecule is Cc1ccc(NC(=O)c2ccc(NCCO)c(Cl)c2)cc1OCc1csc2c(C(N)=O)cnc(N)c12. The first kappa shape index (κ1) is 25.2. The van der Waals surface area contributed by atoms with Crippen LogP contribution in [-0.2, 0) is 6.61 Å². The number of nitrogens with two attached hydrogens (primary N) is 2. The van der Waals surface area contributed by atoms with Crippen LogP contribution in [0.4, 0.5) is 17.2 Å². The smallest absolute Gasteiger partial charge is 0.255 e. The molecule has 0 aliphatic rings. The van der Waals surface area contributed by atoms with Gasteiger partial charge in [-0.2, -0.15) is 0 Å². The second-order valence-corrected chi connectivity index (χ2v) is 9.24. The number of nitrogens with one attached hydrogen (secondary N) is 2. The number of amides is 2. The largest absolute Gasteiger partial charge is 0.489 e. The number of nitrogen functional groups attached to an aromatic ring is 1. The number of hydrogen-bond acceptors (Lipinski definition) is 8. The van der Waals surface area contributed by atoms with Crippen molar-refractivity contribution in [2.24, 2.45) is 5.73 Å². The molecule has 2 aromatic heterocycles. The van der Waals surface area contributed by atoms with Gasteiger partial charge in [-0.3, -0.25) is 9.59 Å². The Hall–Kier alpha value is -3.86. The maximum atomic E-state index is 12.8. The second kappa shape index (κ2) is 10.8. The minimum absolute atomic E-state index is 0.0300. The number of aromatic nitrogens is 1. The third-order valence-electron chi connectivity index (χ3n) is 5.45. The van der Waals surface area contributed by atoms with Crippen LogP contribution >= 0.6 is 22.9 Å². The van der Waals surface area contributed by atoms with Crippen LogP contribution in [0.1, 0.15) is 31.8 Å². The summed E-state index contributed by atoms with van der Waals surface area (Å²) in [5, 5.41) is 17.7. The Balaban J connectivity index is 1.50.